The second-order valence-corrected chi connectivity index (χ2v) is 4.98. The van der Waals surface area contributed by atoms with Gasteiger partial charge in [0, 0.05) is 0 Å². The Morgan fingerprint density at radius 1 is 1.29 bits per heavy atom. The number of hydrogen-bond donors (Lipinski definition) is 0. The Hall–Kier alpha value is -1.28. The average molecular weight is 253 g/mol. The van der Waals surface area contributed by atoms with Gasteiger partial charge < -0.3 is 4.74 Å². The molecule has 17 heavy (non-hydrogen) atoms. The molecular formula is C14H17ClO2. The van der Waals surface area contributed by atoms with Crippen LogP contribution in [0.25, 0.3) is 6.08 Å². The zero-order chi connectivity index (χ0) is 12.9. The first-order chi connectivity index (χ1) is 7.92. The molecule has 0 spiro atoms. The number of hydrogen-bond acceptors (Lipinski definition) is 2. The minimum Gasteiger partial charge on any atom is -0.457 e. The number of carbonyl (C=O) groups excluding carboxylic acids is 1. The maximum atomic E-state index is 11.8. The maximum absolute atomic E-state index is 11.8. The Labute approximate surface area is 107 Å². The highest BCUT2D eigenvalue weighted by Crippen LogP contribution is 2.14. The molecule has 2 nitrogen and oxygen atoms in total. The van der Waals surface area contributed by atoms with E-state index < -0.39 is 5.60 Å². The fourth-order valence-corrected chi connectivity index (χ4v) is 1.43. The lowest BCUT2D eigenvalue weighted by Crippen LogP contribution is -2.25. The molecule has 1 rings (SSSR count). The molecule has 92 valence electrons. The highest BCUT2D eigenvalue weighted by molar-refractivity contribution is 6.23. The summed E-state index contributed by atoms with van der Waals surface area (Å²) in [7, 11) is 0. The summed E-state index contributed by atoms with van der Waals surface area (Å²) in [6.07, 6.45) is 1.75. The van der Waals surface area contributed by atoms with Crippen LogP contribution in [0.15, 0.2) is 35.9 Å². The second-order valence-electron chi connectivity index (χ2n) is 4.72. The van der Waals surface area contributed by atoms with Gasteiger partial charge in [-0.1, -0.05) is 30.3 Å². The van der Waals surface area contributed by atoms with Crippen molar-refractivity contribution in [1.29, 1.82) is 0 Å². The van der Waals surface area contributed by atoms with E-state index in [4.69, 9.17) is 16.3 Å². The van der Waals surface area contributed by atoms with E-state index in [2.05, 4.69) is 0 Å². The van der Waals surface area contributed by atoms with Crippen molar-refractivity contribution >= 4 is 23.6 Å². The molecule has 1 aromatic rings. The van der Waals surface area contributed by atoms with Crippen molar-refractivity contribution < 1.29 is 9.53 Å². The van der Waals surface area contributed by atoms with Crippen LogP contribution >= 0.6 is 11.6 Å². The summed E-state index contributed by atoms with van der Waals surface area (Å²) < 4.78 is 5.27. The monoisotopic (exact) mass is 252 g/mol. The SMILES string of the molecule is CC(C)(C)OC(=O)/C(=C/c1ccccc1)CCl. The molecule has 0 amide bonds. The van der Waals surface area contributed by atoms with Crippen molar-refractivity contribution in [1.82, 2.24) is 0 Å². The van der Waals surface area contributed by atoms with Crippen LogP contribution in [0.2, 0.25) is 0 Å². The smallest absolute Gasteiger partial charge is 0.335 e. The lowest BCUT2D eigenvalue weighted by atomic mass is 10.1. The van der Waals surface area contributed by atoms with Crippen molar-refractivity contribution in [3.63, 3.8) is 0 Å². The first kappa shape index (κ1) is 13.8. The molecule has 0 radical (unpaired) electrons. The van der Waals surface area contributed by atoms with Crippen LogP contribution in [-0.4, -0.2) is 17.5 Å². The van der Waals surface area contributed by atoms with Crippen molar-refractivity contribution in [3.05, 3.63) is 41.5 Å². The number of carbonyl (C=O) groups is 1. The number of alkyl halides is 1. The van der Waals surface area contributed by atoms with Gasteiger partial charge in [-0.05, 0) is 32.4 Å². The lowest BCUT2D eigenvalue weighted by molar-refractivity contribution is -0.149. The van der Waals surface area contributed by atoms with Gasteiger partial charge in [0.05, 0.1) is 11.5 Å². The highest BCUT2D eigenvalue weighted by atomic mass is 35.5. The third-order valence-electron chi connectivity index (χ3n) is 1.95. The van der Waals surface area contributed by atoms with Crippen LogP contribution in [0, 0.1) is 0 Å². The normalized spacial score (nSPS) is 12.4. The van der Waals surface area contributed by atoms with Gasteiger partial charge in [-0.2, -0.15) is 0 Å². The minimum absolute atomic E-state index is 0.143. The molecule has 0 fully saturated rings. The summed E-state index contributed by atoms with van der Waals surface area (Å²) in [5, 5.41) is 0. The Kier molecular flexibility index (Phi) is 4.76. The van der Waals surface area contributed by atoms with Crippen LogP contribution in [-0.2, 0) is 9.53 Å². The molecule has 1 aromatic carbocycles. The van der Waals surface area contributed by atoms with Crippen LogP contribution in [0.1, 0.15) is 26.3 Å². The van der Waals surface area contributed by atoms with Gasteiger partial charge in [0.25, 0.3) is 0 Å². The number of esters is 1. The lowest BCUT2D eigenvalue weighted by Gasteiger charge is -2.20. The van der Waals surface area contributed by atoms with E-state index in [0.717, 1.165) is 5.56 Å². The van der Waals surface area contributed by atoms with Crippen LogP contribution in [0.4, 0.5) is 0 Å². The molecule has 3 heteroatoms. The number of rotatable bonds is 3. The van der Waals surface area contributed by atoms with E-state index >= 15 is 0 Å². The molecule has 0 heterocycles. The summed E-state index contributed by atoms with van der Waals surface area (Å²) in [4.78, 5) is 11.8. The van der Waals surface area contributed by atoms with Crippen LogP contribution in [0.5, 0.6) is 0 Å². The van der Waals surface area contributed by atoms with Crippen molar-refractivity contribution in [3.8, 4) is 0 Å². The number of benzene rings is 1. The van der Waals surface area contributed by atoms with Crippen molar-refractivity contribution in [2.24, 2.45) is 0 Å². The molecule has 0 aromatic heterocycles. The maximum Gasteiger partial charge on any atom is 0.335 e. The van der Waals surface area contributed by atoms with E-state index in [1.165, 1.54) is 0 Å². The molecule has 0 atom stereocenters. The molecule has 0 saturated heterocycles. The predicted molar refractivity (Wildman–Crippen MR) is 71.0 cm³/mol. The summed E-state index contributed by atoms with van der Waals surface area (Å²) >= 11 is 5.77. The number of halogens is 1. The quantitative estimate of drug-likeness (QED) is 0.466. The molecule has 0 aliphatic carbocycles. The molecule has 0 unspecified atom stereocenters. The van der Waals surface area contributed by atoms with Crippen LogP contribution in [0.3, 0.4) is 0 Å². The van der Waals surface area contributed by atoms with Crippen molar-refractivity contribution in [2.45, 2.75) is 26.4 Å². The third-order valence-corrected chi connectivity index (χ3v) is 2.23. The average Bonchev–Trinajstić information content (AvgIpc) is 2.24. The van der Waals surface area contributed by atoms with E-state index in [1.54, 1.807) is 6.08 Å². The zero-order valence-corrected chi connectivity index (χ0v) is 11.1. The Morgan fingerprint density at radius 2 is 1.88 bits per heavy atom. The van der Waals surface area contributed by atoms with E-state index in [1.807, 2.05) is 51.1 Å². The minimum atomic E-state index is -0.501. The summed E-state index contributed by atoms with van der Waals surface area (Å²) in [6, 6.07) is 9.57. The standard InChI is InChI=1S/C14H17ClO2/c1-14(2,3)17-13(16)12(10-15)9-11-7-5-4-6-8-11/h4-9H,10H2,1-3H3/b12-9+. The molecule has 0 N–H and O–H groups in total. The van der Waals surface area contributed by atoms with Gasteiger partial charge in [0.15, 0.2) is 0 Å². The van der Waals surface area contributed by atoms with Gasteiger partial charge in [0.1, 0.15) is 5.60 Å². The molecule has 0 saturated carbocycles. The Balaban J connectivity index is 2.85. The largest absolute Gasteiger partial charge is 0.457 e. The van der Waals surface area contributed by atoms with E-state index in [9.17, 15) is 4.79 Å². The molecule has 0 bridgehead atoms. The first-order valence-electron chi connectivity index (χ1n) is 5.47. The fourth-order valence-electron chi connectivity index (χ4n) is 1.25. The van der Waals surface area contributed by atoms with Gasteiger partial charge in [0.2, 0.25) is 0 Å². The van der Waals surface area contributed by atoms with Gasteiger partial charge in [-0.25, -0.2) is 4.79 Å². The zero-order valence-electron chi connectivity index (χ0n) is 10.4. The topological polar surface area (TPSA) is 26.3 Å². The predicted octanol–water partition coefficient (Wildman–Crippen LogP) is 3.65. The fraction of sp³-hybridized carbons (Fsp3) is 0.357. The first-order valence-corrected chi connectivity index (χ1v) is 6.01. The summed E-state index contributed by atoms with van der Waals surface area (Å²) in [5.41, 5.74) is 0.903. The second kappa shape index (κ2) is 5.87. The Morgan fingerprint density at radius 3 is 2.35 bits per heavy atom. The summed E-state index contributed by atoms with van der Waals surface area (Å²) in [5.74, 6) is -0.222. The number of ether oxygens (including phenoxy) is 1. The third kappa shape index (κ3) is 5.05. The van der Waals surface area contributed by atoms with E-state index in [0.29, 0.717) is 5.57 Å². The Bertz CT molecular complexity index is 402. The summed E-state index contributed by atoms with van der Waals surface area (Å²) in [6.45, 7) is 5.50. The highest BCUT2D eigenvalue weighted by Gasteiger charge is 2.19. The van der Waals surface area contributed by atoms with E-state index in [-0.39, 0.29) is 11.8 Å². The molecular weight excluding hydrogens is 236 g/mol. The molecule has 0 aliphatic rings. The van der Waals surface area contributed by atoms with Gasteiger partial charge in [-0.15, -0.1) is 11.6 Å². The van der Waals surface area contributed by atoms with Crippen molar-refractivity contribution in [2.75, 3.05) is 5.88 Å². The van der Waals surface area contributed by atoms with Gasteiger partial charge >= 0.3 is 5.97 Å². The van der Waals surface area contributed by atoms with Gasteiger partial charge in [-0.3, -0.25) is 0 Å². The van der Waals surface area contributed by atoms with Crippen LogP contribution < -0.4 is 0 Å². The molecule has 0 aliphatic heterocycles.